The van der Waals surface area contributed by atoms with E-state index in [1.54, 1.807) is 12.1 Å². The summed E-state index contributed by atoms with van der Waals surface area (Å²) in [6.07, 6.45) is 5.28. The lowest BCUT2D eigenvalue weighted by atomic mass is 10.3. The molecule has 15 heavy (non-hydrogen) atoms. The van der Waals surface area contributed by atoms with Gasteiger partial charge in [-0.2, -0.15) is 0 Å². The van der Waals surface area contributed by atoms with E-state index in [1.807, 2.05) is 29.1 Å². The lowest BCUT2D eigenvalue weighted by molar-refractivity contribution is 0.0600. The van der Waals surface area contributed by atoms with Crippen LogP contribution >= 0.6 is 0 Å². The quantitative estimate of drug-likeness (QED) is 0.695. The number of ether oxygens (including phenoxy) is 1. The van der Waals surface area contributed by atoms with Crippen LogP contribution in [0.5, 0.6) is 0 Å². The molecular weight excluding hydrogens is 192 g/mol. The third-order valence-corrected chi connectivity index (χ3v) is 2.04. The van der Waals surface area contributed by atoms with Crippen molar-refractivity contribution in [1.82, 2.24) is 9.55 Å². The average molecular weight is 202 g/mol. The predicted molar refractivity (Wildman–Crippen MR) is 54.9 cm³/mol. The molecule has 0 saturated carbocycles. The summed E-state index contributed by atoms with van der Waals surface area (Å²) in [5, 5.41) is 0. The minimum atomic E-state index is -0.374. The molecule has 2 aromatic heterocycles. The van der Waals surface area contributed by atoms with Gasteiger partial charge in [0.25, 0.3) is 0 Å². The van der Waals surface area contributed by atoms with Crippen LogP contribution in [-0.4, -0.2) is 22.6 Å². The topological polar surface area (TPSA) is 44.1 Å². The van der Waals surface area contributed by atoms with Crippen molar-refractivity contribution in [3.63, 3.8) is 0 Å². The number of aromatic nitrogens is 2. The molecule has 0 fully saturated rings. The molecule has 0 aliphatic rings. The maximum atomic E-state index is 11.1. The third kappa shape index (κ3) is 1.88. The van der Waals surface area contributed by atoms with Gasteiger partial charge in [0.2, 0.25) is 0 Å². The zero-order chi connectivity index (χ0) is 10.7. The summed E-state index contributed by atoms with van der Waals surface area (Å²) in [4.78, 5) is 15.3. The van der Waals surface area contributed by atoms with Crippen molar-refractivity contribution in [1.29, 1.82) is 0 Å². The summed E-state index contributed by atoms with van der Waals surface area (Å²) in [5.41, 5.74) is 0.452. The van der Waals surface area contributed by atoms with Crippen molar-refractivity contribution in [2.45, 2.75) is 0 Å². The first-order valence-corrected chi connectivity index (χ1v) is 4.49. The second-order valence-corrected chi connectivity index (χ2v) is 2.99. The monoisotopic (exact) mass is 202 g/mol. The van der Waals surface area contributed by atoms with Crippen molar-refractivity contribution in [3.8, 4) is 5.82 Å². The summed E-state index contributed by atoms with van der Waals surface area (Å²) < 4.78 is 6.44. The van der Waals surface area contributed by atoms with E-state index in [4.69, 9.17) is 0 Å². The van der Waals surface area contributed by atoms with Crippen LogP contribution in [-0.2, 0) is 4.74 Å². The standard InChI is InChI=1S/C11H10N2O2/c1-15-11(14)9-4-5-10(12-8-9)13-6-2-3-7-13/h2-8H,1H3. The number of hydrogen-bond acceptors (Lipinski definition) is 3. The van der Waals surface area contributed by atoms with Crippen LogP contribution in [0.3, 0.4) is 0 Å². The van der Waals surface area contributed by atoms with Gasteiger partial charge in [0.15, 0.2) is 0 Å². The molecule has 0 N–H and O–H groups in total. The summed E-state index contributed by atoms with van der Waals surface area (Å²) in [7, 11) is 1.35. The SMILES string of the molecule is COC(=O)c1ccc(-n2cccc2)nc1. The zero-order valence-corrected chi connectivity index (χ0v) is 8.25. The second-order valence-electron chi connectivity index (χ2n) is 2.99. The van der Waals surface area contributed by atoms with Crippen molar-refractivity contribution in [3.05, 3.63) is 48.4 Å². The Kier molecular flexibility index (Phi) is 2.49. The van der Waals surface area contributed by atoms with Crippen LogP contribution in [0.1, 0.15) is 10.4 Å². The number of methoxy groups -OCH3 is 1. The molecule has 2 rings (SSSR count). The molecule has 0 radical (unpaired) electrons. The molecule has 76 valence electrons. The number of rotatable bonds is 2. The first kappa shape index (κ1) is 9.45. The highest BCUT2D eigenvalue weighted by atomic mass is 16.5. The van der Waals surface area contributed by atoms with Gasteiger partial charge < -0.3 is 9.30 Å². The lowest BCUT2D eigenvalue weighted by Gasteiger charge is -2.02. The highest BCUT2D eigenvalue weighted by molar-refractivity contribution is 5.88. The zero-order valence-electron chi connectivity index (χ0n) is 8.25. The first-order valence-electron chi connectivity index (χ1n) is 4.49. The Morgan fingerprint density at radius 2 is 2.07 bits per heavy atom. The van der Waals surface area contributed by atoms with E-state index in [0.29, 0.717) is 5.56 Å². The van der Waals surface area contributed by atoms with Crippen molar-refractivity contribution >= 4 is 5.97 Å². The van der Waals surface area contributed by atoms with Gasteiger partial charge in [0.1, 0.15) is 5.82 Å². The molecule has 0 unspecified atom stereocenters. The van der Waals surface area contributed by atoms with Crippen LogP contribution in [0.15, 0.2) is 42.9 Å². The Bertz CT molecular complexity index is 446. The van der Waals surface area contributed by atoms with E-state index in [0.717, 1.165) is 5.82 Å². The molecule has 2 heterocycles. The molecule has 4 nitrogen and oxygen atoms in total. The van der Waals surface area contributed by atoms with Crippen LogP contribution in [0.25, 0.3) is 5.82 Å². The Morgan fingerprint density at radius 1 is 1.33 bits per heavy atom. The maximum Gasteiger partial charge on any atom is 0.339 e. The van der Waals surface area contributed by atoms with Gasteiger partial charge in [0.05, 0.1) is 12.7 Å². The second kappa shape index (κ2) is 3.96. The largest absolute Gasteiger partial charge is 0.465 e. The molecule has 0 saturated heterocycles. The summed E-state index contributed by atoms with van der Waals surface area (Å²) in [5.74, 6) is 0.397. The van der Waals surface area contributed by atoms with Crippen molar-refractivity contribution in [2.75, 3.05) is 7.11 Å². The van der Waals surface area contributed by atoms with Gasteiger partial charge in [-0.25, -0.2) is 9.78 Å². The smallest absolute Gasteiger partial charge is 0.339 e. The minimum Gasteiger partial charge on any atom is -0.465 e. The number of esters is 1. The van der Waals surface area contributed by atoms with E-state index in [9.17, 15) is 4.79 Å². The molecule has 0 aromatic carbocycles. The fourth-order valence-electron chi connectivity index (χ4n) is 1.26. The molecule has 2 aromatic rings. The normalized spacial score (nSPS) is 9.93. The van der Waals surface area contributed by atoms with E-state index in [-0.39, 0.29) is 5.97 Å². The predicted octanol–water partition coefficient (Wildman–Crippen LogP) is 1.66. The van der Waals surface area contributed by atoms with E-state index < -0.39 is 0 Å². The molecule has 0 aliphatic carbocycles. The highest BCUT2D eigenvalue weighted by Gasteiger charge is 2.05. The number of nitrogens with zero attached hydrogens (tertiary/aromatic N) is 2. The Labute approximate surface area is 87.1 Å². The van der Waals surface area contributed by atoms with E-state index in [1.165, 1.54) is 13.3 Å². The molecular formula is C11H10N2O2. The molecule has 0 atom stereocenters. The van der Waals surface area contributed by atoms with Crippen LogP contribution < -0.4 is 0 Å². The lowest BCUT2D eigenvalue weighted by Crippen LogP contribution is -2.03. The van der Waals surface area contributed by atoms with Crippen molar-refractivity contribution < 1.29 is 9.53 Å². The van der Waals surface area contributed by atoms with Gasteiger partial charge in [-0.05, 0) is 24.3 Å². The first-order chi connectivity index (χ1) is 7.31. The minimum absolute atomic E-state index is 0.374. The molecule has 4 heteroatoms. The fraction of sp³-hybridized carbons (Fsp3) is 0.0909. The summed E-state index contributed by atoms with van der Waals surface area (Å²) >= 11 is 0. The molecule has 0 spiro atoms. The third-order valence-electron chi connectivity index (χ3n) is 2.04. The fourth-order valence-corrected chi connectivity index (χ4v) is 1.26. The van der Waals surface area contributed by atoms with Gasteiger partial charge >= 0.3 is 5.97 Å². The number of hydrogen-bond donors (Lipinski definition) is 0. The van der Waals surface area contributed by atoms with E-state index in [2.05, 4.69) is 9.72 Å². The van der Waals surface area contributed by atoms with Gasteiger partial charge in [-0.1, -0.05) is 0 Å². The van der Waals surface area contributed by atoms with Gasteiger partial charge in [-0.15, -0.1) is 0 Å². The molecule has 0 aliphatic heterocycles. The van der Waals surface area contributed by atoms with Gasteiger partial charge in [0, 0.05) is 18.6 Å². The Balaban J connectivity index is 2.29. The Hall–Kier alpha value is -2.10. The van der Waals surface area contributed by atoms with Gasteiger partial charge in [-0.3, -0.25) is 0 Å². The van der Waals surface area contributed by atoms with Crippen LogP contribution in [0.2, 0.25) is 0 Å². The average Bonchev–Trinajstić information content (AvgIpc) is 2.82. The summed E-state index contributed by atoms with van der Waals surface area (Å²) in [6, 6.07) is 7.28. The van der Waals surface area contributed by atoms with E-state index >= 15 is 0 Å². The molecule has 0 amide bonds. The maximum absolute atomic E-state index is 11.1. The number of carbonyl (C=O) groups is 1. The van der Waals surface area contributed by atoms with Crippen LogP contribution in [0, 0.1) is 0 Å². The van der Waals surface area contributed by atoms with Crippen LogP contribution in [0.4, 0.5) is 0 Å². The molecule has 0 bridgehead atoms. The number of carbonyl (C=O) groups excluding carboxylic acids is 1. The highest BCUT2D eigenvalue weighted by Crippen LogP contribution is 2.06. The Morgan fingerprint density at radius 3 is 2.60 bits per heavy atom. The summed E-state index contributed by atoms with van der Waals surface area (Å²) in [6.45, 7) is 0. The van der Waals surface area contributed by atoms with Crippen molar-refractivity contribution in [2.24, 2.45) is 0 Å². The number of pyridine rings is 1.